The minimum atomic E-state index is -0.860. The molecule has 2 rings (SSSR count). The van der Waals surface area contributed by atoms with Crippen molar-refractivity contribution >= 4 is 5.97 Å². The summed E-state index contributed by atoms with van der Waals surface area (Å²) >= 11 is 0. The number of aryl methyl sites for hydroxylation is 1. The lowest BCUT2D eigenvalue weighted by Crippen LogP contribution is -2.28. The molecular formula is C15H18N2O2. The zero-order chi connectivity index (χ0) is 13.7. The van der Waals surface area contributed by atoms with Crippen molar-refractivity contribution in [3.8, 4) is 0 Å². The normalized spacial score (nSPS) is 12.3. The molecule has 1 aromatic heterocycles. The number of hydrogen-bond donors (Lipinski definition) is 2. The third-order valence-electron chi connectivity index (χ3n) is 3.13. The first-order valence-corrected chi connectivity index (χ1v) is 6.37. The molecule has 0 saturated carbocycles. The highest BCUT2D eigenvalue weighted by Crippen LogP contribution is 2.14. The van der Waals surface area contributed by atoms with Crippen LogP contribution in [0, 0.1) is 0 Å². The van der Waals surface area contributed by atoms with Crippen molar-refractivity contribution < 1.29 is 9.90 Å². The number of carboxylic acids is 1. The molecule has 19 heavy (non-hydrogen) atoms. The maximum absolute atomic E-state index is 11.3. The maximum atomic E-state index is 11.3. The van der Waals surface area contributed by atoms with Gasteiger partial charge in [0.1, 0.15) is 6.04 Å². The summed E-state index contributed by atoms with van der Waals surface area (Å²) in [5, 5.41) is 12.4. The number of rotatable bonds is 6. The number of benzene rings is 1. The summed E-state index contributed by atoms with van der Waals surface area (Å²) in [7, 11) is 0. The van der Waals surface area contributed by atoms with Gasteiger partial charge in [0, 0.05) is 25.0 Å². The van der Waals surface area contributed by atoms with Crippen molar-refractivity contribution in [2.45, 2.75) is 26.1 Å². The Morgan fingerprint density at radius 3 is 2.63 bits per heavy atom. The highest BCUT2D eigenvalue weighted by molar-refractivity contribution is 5.75. The van der Waals surface area contributed by atoms with Gasteiger partial charge < -0.3 is 9.67 Å². The number of carbonyl (C=O) groups is 1. The molecule has 0 spiro atoms. The zero-order valence-electron chi connectivity index (χ0n) is 10.9. The molecule has 0 aliphatic rings. The van der Waals surface area contributed by atoms with Crippen LogP contribution < -0.4 is 5.32 Å². The van der Waals surface area contributed by atoms with Crippen molar-refractivity contribution in [2.24, 2.45) is 0 Å². The van der Waals surface area contributed by atoms with Crippen LogP contribution in [-0.2, 0) is 17.9 Å². The van der Waals surface area contributed by atoms with Crippen LogP contribution >= 0.6 is 0 Å². The Bertz CT molecular complexity index is 534. The predicted molar refractivity (Wildman–Crippen MR) is 73.8 cm³/mol. The van der Waals surface area contributed by atoms with Crippen molar-refractivity contribution in [1.82, 2.24) is 9.88 Å². The number of hydrogen-bond acceptors (Lipinski definition) is 2. The van der Waals surface area contributed by atoms with Gasteiger partial charge in [-0.25, -0.2) is 0 Å². The molecule has 1 atom stereocenters. The smallest absolute Gasteiger partial charge is 0.325 e. The summed E-state index contributed by atoms with van der Waals surface area (Å²) in [6.45, 7) is 3.48. The van der Waals surface area contributed by atoms with Crippen LogP contribution in [0.5, 0.6) is 0 Å². The average Bonchev–Trinajstić information content (AvgIpc) is 2.87. The first-order valence-electron chi connectivity index (χ1n) is 6.37. The summed E-state index contributed by atoms with van der Waals surface area (Å²) < 4.78 is 2.09. The second-order valence-electron chi connectivity index (χ2n) is 4.35. The maximum Gasteiger partial charge on any atom is 0.325 e. The third-order valence-corrected chi connectivity index (χ3v) is 3.13. The monoisotopic (exact) mass is 258 g/mol. The van der Waals surface area contributed by atoms with Gasteiger partial charge in [-0.15, -0.1) is 0 Å². The van der Waals surface area contributed by atoms with Crippen LogP contribution in [0.25, 0.3) is 0 Å². The van der Waals surface area contributed by atoms with E-state index >= 15 is 0 Å². The molecule has 0 aliphatic carbocycles. The van der Waals surface area contributed by atoms with Gasteiger partial charge in [-0.3, -0.25) is 10.1 Å². The third kappa shape index (κ3) is 3.23. The molecule has 100 valence electrons. The molecule has 0 saturated heterocycles. The Morgan fingerprint density at radius 2 is 2.00 bits per heavy atom. The molecule has 4 heteroatoms. The van der Waals surface area contributed by atoms with E-state index in [1.807, 2.05) is 48.7 Å². The van der Waals surface area contributed by atoms with Crippen LogP contribution in [0.2, 0.25) is 0 Å². The number of carboxylic acid groups (broad SMARTS) is 1. The van der Waals surface area contributed by atoms with Crippen molar-refractivity contribution in [2.75, 3.05) is 0 Å². The van der Waals surface area contributed by atoms with Gasteiger partial charge in [-0.2, -0.15) is 0 Å². The van der Waals surface area contributed by atoms with Gasteiger partial charge in [-0.05, 0) is 24.6 Å². The van der Waals surface area contributed by atoms with Gasteiger partial charge in [0.25, 0.3) is 0 Å². The van der Waals surface area contributed by atoms with E-state index in [2.05, 4.69) is 16.8 Å². The Morgan fingerprint density at radius 1 is 1.26 bits per heavy atom. The fourth-order valence-electron chi connectivity index (χ4n) is 2.12. The number of nitrogens with zero attached hydrogens (tertiary/aromatic N) is 1. The highest BCUT2D eigenvalue weighted by atomic mass is 16.4. The molecule has 2 aromatic rings. The number of aromatic nitrogens is 1. The van der Waals surface area contributed by atoms with Crippen molar-refractivity contribution in [1.29, 1.82) is 0 Å². The molecular weight excluding hydrogens is 240 g/mol. The molecule has 1 heterocycles. The van der Waals surface area contributed by atoms with Crippen LogP contribution in [0.3, 0.4) is 0 Å². The largest absolute Gasteiger partial charge is 0.480 e. The summed E-state index contributed by atoms with van der Waals surface area (Å²) in [5.74, 6) is -0.860. The van der Waals surface area contributed by atoms with E-state index in [0.717, 1.165) is 17.8 Å². The van der Waals surface area contributed by atoms with Gasteiger partial charge in [0.05, 0.1) is 0 Å². The second-order valence-corrected chi connectivity index (χ2v) is 4.35. The molecule has 0 aliphatic heterocycles. The van der Waals surface area contributed by atoms with Crippen LogP contribution in [-0.4, -0.2) is 15.6 Å². The Kier molecular flexibility index (Phi) is 4.36. The van der Waals surface area contributed by atoms with E-state index in [4.69, 9.17) is 0 Å². The Hall–Kier alpha value is -2.07. The van der Waals surface area contributed by atoms with Gasteiger partial charge >= 0.3 is 5.97 Å². The summed E-state index contributed by atoms with van der Waals surface area (Å²) in [4.78, 5) is 11.3. The van der Waals surface area contributed by atoms with Crippen LogP contribution in [0.15, 0.2) is 48.7 Å². The van der Waals surface area contributed by atoms with E-state index in [1.54, 1.807) is 0 Å². The van der Waals surface area contributed by atoms with E-state index in [0.29, 0.717) is 6.54 Å². The number of aliphatic carboxylic acids is 1. The summed E-state index contributed by atoms with van der Waals surface area (Å²) in [6, 6.07) is 12.5. The second kappa shape index (κ2) is 6.20. The standard InChI is InChI=1S/C15H18N2O2/c1-2-17-10-6-9-13(17)11-16-14(15(18)19)12-7-4-3-5-8-12/h3-10,14,16H,2,11H2,1H3,(H,18,19). The molecule has 0 bridgehead atoms. The van der Waals surface area contributed by atoms with E-state index in [-0.39, 0.29) is 0 Å². The lowest BCUT2D eigenvalue weighted by atomic mass is 10.1. The van der Waals surface area contributed by atoms with Gasteiger partial charge in [0.2, 0.25) is 0 Å². The first kappa shape index (κ1) is 13.4. The minimum absolute atomic E-state index is 0.534. The Labute approximate surface area is 112 Å². The Balaban J connectivity index is 2.09. The number of nitrogens with one attached hydrogen (secondary N) is 1. The fraction of sp³-hybridized carbons (Fsp3) is 0.267. The lowest BCUT2D eigenvalue weighted by molar-refractivity contribution is -0.139. The quantitative estimate of drug-likeness (QED) is 0.836. The first-order chi connectivity index (χ1) is 9.22. The van der Waals surface area contributed by atoms with Gasteiger partial charge in [-0.1, -0.05) is 30.3 Å². The lowest BCUT2D eigenvalue weighted by Gasteiger charge is -2.15. The molecule has 1 unspecified atom stereocenters. The SMILES string of the molecule is CCn1cccc1CNC(C(=O)O)c1ccccc1. The van der Waals surface area contributed by atoms with E-state index in [9.17, 15) is 9.90 Å². The van der Waals surface area contributed by atoms with E-state index < -0.39 is 12.0 Å². The highest BCUT2D eigenvalue weighted by Gasteiger charge is 2.18. The molecule has 1 aromatic carbocycles. The molecule has 0 fully saturated rings. The zero-order valence-corrected chi connectivity index (χ0v) is 10.9. The van der Waals surface area contributed by atoms with Crippen molar-refractivity contribution in [3.63, 3.8) is 0 Å². The summed E-state index contributed by atoms with van der Waals surface area (Å²) in [6.07, 6.45) is 2.00. The molecule has 0 amide bonds. The molecule has 4 nitrogen and oxygen atoms in total. The molecule has 2 N–H and O–H groups in total. The van der Waals surface area contributed by atoms with Crippen LogP contribution in [0.1, 0.15) is 24.2 Å². The predicted octanol–water partition coefficient (Wildman–Crippen LogP) is 2.42. The fourth-order valence-corrected chi connectivity index (χ4v) is 2.12. The summed E-state index contributed by atoms with van der Waals surface area (Å²) in [5.41, 5.74) is 1.86. The van der Waals surface area contributed by atoms with E-state index in [1.165, 1.54) is 0 Å². The van der Waals surface area contributed by atoms with Crippen molar-refractivity contribution in [3.05, 3.63) is 59.9 Å². The minimum Gasteiger partial charge on any atom is -0.480 e. The van der Waals surface area contributed by atoms with Gasteiger partial charge in [0.15, 0.2) is 0 Å². The average molecular weight is 258 g/mol. The topological polar surface area (TPSA) is 54.3 Å². The van der Waals surface area contributed by atoms with Crippen LogP contribution in [0.4, 0.5) is 0 Å². The molecule has 0 radical (unpaired) electrons.